The summed E-state index contributed by atoms with van der Waals surface area (Å²) >= 11 is 3.49. The molecule has 0 amide bonds. The number of hydrogen-bond donors (Lipinski definition) is 1. The maximum Gasteiger partial charge on any atom is 0.0839 e. The number of hydrogen-bond acceptors (Lipinski definition) is 2. The molecule has 2 rings (SSSR count). The minimum atomic E-state index is 0.480. The molecular weight excluding hydrogens is 230 g/mol. The third-order valence-corrected chi connectivity index (χ3v) is 2.73. The predicted octanol–water partition coefficient (Wildman–Crippen LogP) is 1.79. The lowest BCUT2D eigenvalue weighted by Gasteiger charge is -1.95. The third kappa shape index (κ3) is 1.26. The molecule has 4 heteroatoms. The molecule has 0 atom stereocenters. The fourth-order valence-electron chi connectivity index (χ4n) is 1.51. The summed E-state index contributed by atoms with van der Waals surface area (Å²) in [5.74, 6) is 0. The zero-order valence-corrected chi connectivity index (χ0v) is 8.87. The second-order valence-corrected chi connectivity index (χ2v) is 3.76. The van der Waals surface area contributed by atoms with Gasteiger partial charge in [0.05, 0.1) is 11.2 Å². The molecule has 13 heavy (non-hydrogen) atoms. The van der Waals surface area contributed by atoms with E-state index in [0.717, 1.165) is 21.1 Å². The third-order valence-electron chi connectivity index (χ3n) is 2.09. The van der Waals surface area contributed by atoms with Crippen LogP contribution in [0.25, 0.3) is 10.9 Å². The van der Waals surface area contributed by atoms with Crippen molar-refractivity contribution < 1.29 is 0 Å². The van der Waals surface area contributed by atoms with Crippen LogP contribution in [-0.2, 0) is 13.6 Å². The summed E-state index contributed by atoms with van der Waals surface area (Å²) in [4.78, 5) is 0. The van der Waals surface area contributed by atoms with E-state index in [2.05, 4.69) is 21.0 Å². The summed E-state index contributed by atoms with van der Waals surface area (Å²) < 4.78 is 2.90. The van der Waals surface area contributed by atoms with Gasteiger partial charge in [-0.15, -0.1) is 0 Å². The van der Waals surface area contributed by atoms with Crippen LogP contribution in [0, 0.1) is 0 Å². The first kappa shape index (κ1) is 8.72. The van der Waals surface area contributed by atoms with Gasteiger partial charge < -0.3 is 5.73 Å². The van der Waals surface area contributed by atoms with Gasteiger partial charge in [-0.3, -0.25) is 4.68 Å². The minimum absolute atomic E-state index is 0.480. The van der Waals surface area contributed by atoms with E-state index in [1.54, 1.807) is 0 Å². The van der Waals surface area contributed by atoms with Crippen LogP contribution in [0.1, 0.15) is 5.69 Å². The molecular formula is C9H10BrN3. The van der Waals surface area contributed by atoms with Gasteiger partial charge in [0, 0.05) is 23.5 Å². The standard InChI is InChI=1S/C9H10BrN3/c1-13-9-6(8(5-11)12-13)3-2-4-7(9)10/h2-4H,5,11H2,1H3. The molecule has 0 aliphatic carbocycles. The van der Waals surface area contributed by atoms with Crippen molar-refractivity contribution in [2.24, 2.45) is 12.8 Å². The molecule has 0 bridgehead atoms. The molecule has 0 fully saturated rings. The quantitative estimate of drug-likeness (QED) is 0.825. The Kier molecular flexibility index (Phi) is 2.09. The Hall–Kier alpha value is -0.870. The Morgan fingerprint density at radius 2 is 2.31 bits per heavy atom. The zero-order valence-electron chi connectivity index (χ0n) is 7.29. The van der Waals surface area contributed by atoms with Crippen LogP contribution < -0.4 is 5.73 Å². The maximum atomic E-state index is 5.59. The molecule has 0 saturated heterocycles. The van der Waals surface area contributed by atoms with Gasteiger partial charge in [0.1, 0.15) is 0 Å². The maximum absolute atomic E-state index is 5.59. The van der Waals surface area contributed by atoms with Gasteiger partial charge in [0.25, 0.3) is 0 Å². The largest absolute Gasteiger partial charge is 0.325 e. The summed E-state index contributed by atoms with van der Waals surface area (Å²) in [5, 5.41) is 5.46. The van der Waals surface area contributed by atoms with Crippen molar-refractivity contribution in [3.63, 3.8) is 0 Å². The number of rotatable bonds is 1. The summed E-state index contributed by atoms with van der Waals surface area (Å²) in [6.07, 6.45) is 0. The number of halogens is 1. The van der Waals surface area contributed by atoms with E-state index in [0.29, 0.717) is 6.54 Å². The predicted molar refractivity (Wildman–Crippen MR) is 56.3 cm³/mol. The molecule has 2 aromatic rings. The second-order valence-electron chi connectivity index (χ2n) is 2.91. The van der Waals surface area contributed by atoms with E-state index in [4.69, 9.17) is 5.73 Å². The Morgan fingerprint density at radius 1 is 1.54 bits per heavy atom. The van der Waals surface area contributed by atoms with Crippen molar-refractivity contribution in [1.82, 2.24) is 9.78 Å². The summed E-state index contributed by atoms with van der Waals surface area (Å²) in [7, 11) is 1.92. The minimum Gasteiger partial charge on any atom is -0.325 e. The molecule has 68 valence electrons. The highest BCUT2D eigenvalue weighted by Gasteiger charge is 2.08. The Balaban J connectivity index is 2.87. The van der Waals surface area contributed by atoms with Gasteiger partial charge in [0.2, 0.25) is 0 Å². The first-order valence-corrected chi connectivity index (χ1v) is 4.83. The molecule has 2 N–H and O–H groups in total. The highest BCUT2D eigenvalue weighted by Crippen LogP contribution is 2.25. The lowest BCUT2D eigenvalue weighted by atomic mass is 10.2. The van der Waals surface area contributed by atoms with Gasteiger partial charge in [0.15, 0.2) is 0 Å². The number of para-hydroxylation sites is 1. The van der Waals surface area contributed by atoms with Crippen LogP contribution in [0.15, 0.2) is 22.7 Å². The average molecular weight is 240 g/mol. The van der Waals surface area contributed by atoms with Gasteiger partial charge in [-0.1, -0.05) is 12.1 Å². The van der Waals surface area contributed by atoms with Crippen molar-refractivity contribution in [3.8, 4) is 0 Å². The fourth-order valence-corrected chi connectivity index (χ4v) is 2.14. The number of aromatic nitrogens is 2. The summed E-state index contributed by atoms with van der Waals surface area (Å²) in [6.45, 7) is 0.480. The van der Waals surface area contributed by atoms with Crippen molar-refractivity contribution in [2.75, 3.05) is 0 Å². The van der Waals surface area contributed by atoms with Gasteiger partial charge in [-0.25, -0.2) is 0 Å². The Bertz CT molecular complexity index is 447. The highest BCUT2D eigenvalue weighted by molar-refractivity contribution is 9.10. The van der Waals surface area contributed by atoms with E-state index in [1.165, 1.54) is 0 Å². The smallest absolute Gasteiger partial charge is 0.0839 e. The van der Waals surface area contributed by atoms with Crippen LogP contribution in [0.5, 0.6) is 0 Å². The molecule has 1 aromatic carbocycles. The number of nitrogens with zero attached hydrogens (tertiary/aromatic N) is 2. The number of aryl methyl sites for hydroxylation is 1. The molecule has 0 unspecified atom stereocenters. The molecule has 0 spiro atoms. The zero-order chi connectivity index (χ0) is 9.42. The lowest BCUT2D eigenvalue weighted by Crippen LogP contribution is -1.98. The Labute approximate surface area is 84.7 Å². The van der Waals surface area contributed by atoms with E-state index >= 15 is 0 Å². The second kappa shape index (κ2) is 3.12. The normalized spacial score (nSPS) is 11.0. The van der Waals surface area contributed by atoms with Crippen LogP contribution >= 0.6 is 15.9 Å². The molecule has 0 radical (unpaired) electrons. The first-order chi connectivity index (χ1) is 6.24. The molecule has 1 heterocycles. The van der Waals surface area contributed by atoms with E-state index in [9.17, 15) is 0 Å². The van der Waals surface area contributed by atoms with Crippen molar-refractivity contribution in [1.29, 1.82) is 0 Å². The van der Waals surface area contributed by atoms with Gasteiger partial charge in [-0.05, 0) is 22.0 Å². The number of nitrogens with two attached hydrogens (primary N) is 1. The topological polar surface area (TPSA) is 43.8 Å². The van der Waals surface area contributed by atoms with Crippen LogP contribution in [0.2, 0.25) is 0 Å². The van der Waals surface area contributed by atoms with E-state index in [-0.39, 0.29) is 0 Å². The first-order valence-electron chi connectivity index (χ1n) is 4.04. The lowest BCUT2D eigenvalue weighted by molar-refractivity contribution is 0.765. The Morgan fingerprint density at radius 3 is 3.00 bits per heavy atom. The number of benzene rings is 1. The van der Waals surface area contributed by atoms with Gasteiger partial charge in [-0.2, -0.15) is 5.10 Å². The van der Waals surface area contributed by atoms with E-state index in [1.807, 2.05) is 29.9 Å². The molecule has 3 nitrogen and oxygen atoms in total. The highest BCUT2D eigenvalue weighted by atomic mass is 79.9. The van der Waals surface area contributed by atoms with E-state index < -0.39 is 0 Å². The fraction of sp³-hybridized carbons (Fsp3) is 0.222. The van der Waals surface area contributed by atoms with Crippen LogP contribution in [0.3, 0.4) is 0 Å². The summed E-state index contributed by atoms with van der Waals surface area (Å²) in [6, 6.07) is 6.03. The summed E-state index contributed by atoms with van der Waals surface area (Å²) in [5.41, 5.74) is 7.63. The SMILES string of the molecule is Cn1nc(CN)c2cccc(Br)c21. The van der Waals surface area contributed by atoms with Crippen molar-refractivity contribution in [3.05, 3.63) is 28.4 Å². The molecule has 0 aliphatic heterocycles. The average Bonchev–Trinajstić information content (AvgIpc) is 2.44. The van der Waals surface area contributed by atoms with Crippen LogP contribution in [-0.4, -0.2) is 9.78 Å². The van der Waals surface area contributed by atoms with Crippen LogP contribution in [0.4, 0.5) is 0 Å². The monoisotopic (exact) mass is 239 g/mol. The number of fused-ring (bicyclic) bond motifs is 1. The molecule has 0 saturated carbocycles. The van der Waals surface area contributed by atoms with Gasteiger partial charge >= 0.3 is 0 Å². The van der Waals surface area contributed by atoms with Crippen molar-refractivity contribution >= 4 is 26.8 Å². The van der Waals surface area contributed by atoms with Crippen molar-refractivity contribution in [2.45, 2.75) is 6.54 Å². The molecule has 0 aliphatic rings. The molecule has 1 aromatic heterocycles.